The van der Waals surface area contributed by atoms with Crippen molar-refractivity contribution in [2.75, 3.05) is 26.2 Å². The van der Waals surface area contributed by atoms with Crippen LogP contribution in [0, 0.1) is 17.8 Å². The van der Waals surface area contributed by atoms with Crippen LogP contribution in [-0.4, -0.2) is 31.1 Å². The van der Waals surface area contributed by atoms with E-state index in [4.69, 9.17) is 16.3 Å². The Hall–Kier alpha value is -0.990. The highest BCUT2D eigenvalue weighted by molar-refractivity contribution is 6.30. The predicted octanol–water partition coefficient (Wildman–Crippen LogP) is 4.67. The molecule has 1 saturated heterocycles. The van der Waals surface area contributed by atoms with Crippen molar-refractivity contribution >= 4 is 11.6 Å². The Kier molecular flexibility index (Phi) is 3.68. The zero-order chi connectivity index (χ0) is 16.1. The molecule has 1 saturated carbocycles. The van der Waals surface area contributed by atoms with Crippen molar-refractivity contribution in [2.24, 2.45) is 17.8 Å². The topological polar surface area (TPSA) is 12.5 Å². The van der Waals surface area contributed by atoms with Gasteiger partial charge in [-0.2, -0.15) is 0 Å². The minimum Gasteiger partial charge on any atom is -0.493 e. The second kappa shape index (κ2) is 5.78. The quantitative estimate of drug-likeness (QED) is 0.724. The molecule has 128 valence electrons. The number of fused-ring (bicyclic) bond motifs is 4. The Morgan fingerprint density at radius 2 is 2.00 bits per heavy atom. The number of hydrogen-bond acceptors (Lipinski definition) is 2. The van der Waals surface area contributed by atoms with E-state index in [1.165, 1.54) is 50.9 Å². The van der Waals surface area contributed by atoms with Gasteiger partial charge in [0.2, 0.25) is 0 Å². The fraction of sp³-hybridized carbons (Fsp3) is 0.619. The van der Waals surface area contributed by atoms with E-state index in [0.717, 1.165) is 41.6 Å². The van der Waals surface area contributed by atoms with E-state index >= 15 is 0 Å². The summed E-state index contributed by atoms with van der Waals surface area (Å²) >= 11 is 6.28. The molecule has 3 heteroatoms. The molecular weight excluding hydrogens is 318 g/mol. The maximum absolute atomic E-state index is 6.28. The van der Waals surface area contributed by atoms with Crippen LogP contribution in [0.15, 0.2) is 30.4 Å². The molecular formula is C21H26ClNO. The number of benzene rings is 1. The van der Waals surface area contributed by atoms with Gasteiger partial charge in [-0.15, -0.1) is 0 Å². The van der Waals surface area contributed by atoms with Crippen LogP contribution in [0.25, 0.3) is 0 Å². The summed E-state index contributed by atoms with van der Waals surface area (Å²) in [7, 11) is 0. The molecule has 1 aromatic rings. The molecule has 3 atom stereocenters. The standard InChI is InChI=1S/C21H26ClNO/c22-18-3-4-20-19(13-18)21(7-10-24-20)5-8-23(9-6-21)14-17-12-15-1-2-16(17)11-15/h1-4,13,15-17H,5-12,14H2/t15-,16-,17-/m0/s1. The Morgan fingerprint density at radius 1 is 1.12 bits per heavy atom. The van der Waals surface area contributed by atoms with E-state index < -0.39 is 0 Å². The van der Waals surface area contributed by atoms with Gasteiger partial charge < -0.3 is 9.64 Å². The van der Waals surface area contributed by atoms with E-state index in [2.05, 4.69) is 29.2 Å². The van der Waals surface area contributed by atoms with E-state index in [-0.39, 0.29) is 0 Å². The summed E-state index contributed by atoms with van der Waals surface area (Å²) < 4.78 is 5.89. The molecule has 0 N–H and O–H groups in total. The minimum atomic E-state index is 0.295. The van der Waals surface area contributed by atoms with Gasteiger partial charge in [-0.3, -0.25) is 0 Å². The second-order valence-corrected chi connectivity index (χ2v) is 8.80. The molecule has 2 fully saturated rings. The molecule has 2 aliphatic heterocycles. The summed E-state index contributed by atoms with van der Waals surface area (Å²) in [6.45, 7) is 4.61. The highest BCUT2D eigenvalue weighted by Crippen LogP contribution is 2.48. The number of hydrogen-bond donors (Lipinski definition) is 0. The molecule has 2 nitrogen and oxygen atoms in total. The second-order valence-electron chi connectivity index (χ2n) is 8.36. The van der Waals surface area contributed by atoms with E-state index in [1.54, 1.807) is 0 Å². The zero-order valence-electron chi connectivity index (χ0n) is 14.2. The molecule has 0 aromatic heterocycles. The highest BCUT2D eigenvalue weighted by Gasteiger charge is 2.42. The Balaban J connectivity index is 1.29. The van der Waals surface area contributed by atoms with Crippen molar-refractivity contribution < 1.29 is 4.74 Å². The number of ether oxygens (including phenoxy) is 1. The van der Waals surface area contributed by atoms with Crippen molar-refractivity contribution in [3.8, 4) is 5.75 Å². The molecule has 2 aliphatic carbocycles. The molecule has 0 unspecified atom stereocenters. The van der Waals surface area contributed by atoms with Gasteiger partial charge in [-0.05, 0) is 81.1 Å². The van der Waals surface area contributed by atoms with Gasteiger partial charge in [0.1, 0.15) is 5.75 Å². The molecule has 2 heterocycles. The van der Waals surface area contributed by atoms with Crippen molar-refractivity contribution in [2.45, 2.75) is 37.5 Å². The number of likely N-dealkylation sites (tertiary alicyclic amines) is 1. The summed E-state index contributed by atoms with van der Waals surface area (Å²) in [4.78, 5) is 2.73. The molecule has 5 rings (SSSR count). The van der Waals surface area contributed by atoms with Gasteiger partial charge in [0, 0.05) is 22.5 Å². The monoisotopic (exact) mass is 343 g/mol. The summed E-state index contributed by atoms with van der Waals surface area (Å²) in [5.74, 6) is 3.73. The number of piperidine rings is 1. The van der Waals surface area contributed by atoms with Crippen molar-refractivity contribution in [3.63, 3.8) is 0 Å². The van der Waals surface area contributed by atoms with Crippen LogP contribution in [0.3, 0.4) is 0 Å². The normalized spacial score (nSPS) is 33.6. The van der Waals surface area contributed by atoms with Crippen LogP contribution in [0.4, 0.5) is 0 Å². The third-order valence-electron chi connectivity index (χ3n) is 7.07. The first-order valence-electron chi connectivity index (χ1n) is 9.55. The maximum atomic E-state index is 6.28. The maximum Gasteiger partial charge on any atom is 0.123 e. The van der Waals surface area contributed by atoms with E-state index in [1.807, 2.05) is 6.07 Å². The fourth-order valence-electron chi connectivity index (χ4n) is 5.65. The van der Waals surface area contributed by atoms with Crippen molar-refractivity contribution in [1.29, 1.82) is 0 Å². The smallest absolute Gasteiger partial charge is 0.123 e. The number of nitrogens with zero attached hydrogens (tertiary/aromatic N) is 1. The molecule has 1 spiro atoms. The molecule has 0 amide bonds. The van der Waals surface area contributed by atoms with Crippen LogP contribution >= 0.6 is 11.6 Å². The largest absolute Gasteiger partial charge is 0.493 e. The molecule has 4 aliphatic rings. The summed E-state index contributed by atoms with van der Waals surface area (Å²) in [6, 6.07) is 6.18. The third kappa shape index (κ3) is 2.50. The summed E-state index contributed by atoms with van der Waals surface area (Å²) in [6.07, 6.45) is 11.4. The van der Waals surface area contributed by atoms with Crippen molar-refractivity contribution in [1.82, 2.24) is 4.90 Å². The number of allylic oxidation sites excluding steroid dienone is 2. The van der Waals surface area contributed by atoms with Crippen LogP contribution in [0.2, 0.25) is 5.02 Å². The summed E-state index contributed by atoms with van der Waals surface area (Å²) in [5.41, 5.74) is 1.66. The first-order chi connectivity index (χ1) is 11.7. The summed E-state index contributed by atoms with van der Waals surface area (Å²) in [5, 5.41) is 0.842. The first kappa shape index (κ1) is 15.3. The average molecular weight is 344 g/mol. The first-order valence-corrected chi connectivity index (χ1v) is 9.93. The van der Waals surface area contributed by atoms with E-state index in [9.17, 15) is 0 Å². The van der Waals surface area contributed by atoms with Gasteiger partial charge in [-0.25, -0.2) is 0 Å². The lowest BCUT2D eigenvalue weighted by Crippen LogP contribution is -2.46. The molecule has 1 aromatic carbocycles. The lowest BCUT2D eigenvalue weighted by molar-refractivity contribution is 0.102. The number of halogens is 1. The van der Waals surface area contributed by atoms with Gasteiger partial charge in [0.15, 0.2) is 0 Å². The lowest BCUT2D eigenvalue weighted by Gasteiger charge is -2.45. The predicted molar refractivity (Wildman–Crippen MR) is 97.8 cm³/mol. The van der Waals surface area contributed by atoms with Gasteiger partial charge in [-0.1, -0.05) is 23.8 Å². The average Bonchev–Trinajstić information content (AvgIpc) is 3.21. The van der Waals surface area contributed by atoms with Crippen LogP contribution in [0.5, 0.6) is 5.75 Å². The van der Waals surface area contributed by atoms with Crippen LogP contribution in [0.1, 0.15) is 37.7 Å². The van der Waals surface area contributed by atoms with Gasteiger partial charge >= 0.3 is 0 Å². The van der Waals surface area contributed by atoms with Crippen LogP contribution in [-0.2, 0) is 5.41 Å². The SMILES string of the molecule is Clc1ccc2c(c1)C1(CCO2)CCN(C[C@@H]2C[C@H]3C=C[C@H]2C3)CC1. The fourth-order valence-corrected chi connectivity index (χ4v) is 5.82. The minimum absolute atomic E-state index is 0.295. The third-order valence-corrected chi connectivity index (χ3v) is 7.31. The highest BCUT2D eigenvalue weighted by atomic mass is 35.5. The molecule has 2 bridgehead atoms. The molecule has 24 heavy (non-hydrogen) atoms. The van der Waals surface area contributed by atoms with Gasteiger partial charge in [0.25, 0.3) is 0 Å². The zero-order valence-corrected chi connectivity index (χ0v) is 15.0. The Bertz CT molecular complexity index is 662. The van der Waals surface area contributed by atoms with Crippen molar-refractivity contribution in [3.05, 3.63) is 40.9 Å². The molecule has 0 radical (unpaired) electrons. The lowest BCUT2D eigenvalue weighted by atomic mass is 9.69. The van der Waals surface area contributed by atoms with Gasteiger partial charge in [0.05, 0.1) is 6.61 Å². The number of rotatable bonds is 2. The van der Waals surface area contributed by atoms with Crippen LogP contribution < -0.4 is 4.74 Å². The Labute approximate surface area is 149 Å². The van der Waals surface area contributed by atoms with E-state index in [0.29, 0.717) is 5.41 Å². The Morgan fingerprint density at radius 3 is 2.75 bits per heavy atom.